The van der Waals surface area contributed by atoms with Crippen LogP contribution >= 0.6 is 0 Å². The van der Waals surface area contributed by atoms with Crippen molar-refractivity contribution in [3.8, 4) is 11.4 Å². The van der Waals surface area contributed by atoms with Gasteiger partial charge in [-0.3, -0.25) is 14.4 Å². The molecule has 3 aromatic heterocycles. The lowest BCUT2D eigenvalue weighted by Gasteiger charge is -2.30. The minimum atomic E-state index is -0.564. The number of carbonyl (C=O) groups excluding carboxylic acids is 2. The highest BCUT2D eigenvalue weighted by Crippen LogP contribution is 2.29. The summed E-state index contributed by atoms with van der Waals surface area (Å²) in [5.74, 6) is 0.482. The largest absolute Gasteiger partial charge is 0.444 e. The van der Waals surface area contributed by atoms with E-state index in [1.165, 1.54) is 0 Å². The van der Waals surface area contributed by atoms with E-state index in [0.717, 1.165) is 66.1 Å². The number of fused-ring (bicyclic) bond motifs is 1. The number of carbonyl (C=O) groups is 2. The molecular formula is C37H48N6O4. The number of rotatable bonds is 9. The highest BCUT2D eigenvalue weighted by Gasteiger charge is 2.26. The van der Waals surface area contributed by atoms with Crippen molar-refractivity contribution >= 4 is 17.8 Å². The van der Waals surface area contributed by atoms with Gasteiger partial charge in [0.15, 0.2) is 5.65 Å². The van der Waals surface area contributed by atoms with Crippen molar-refractivity contribution in [2.24, 2.45) is 5.92 Å². The third kappa shape index (κ3) is 9.76. The molecule has 1 fully saturated rings. The molecule has 47 heavy (non-hydrogen) atoms. The third-order valence-corrected chi connectivity index (χ3v) is 8.24. The lowest BCUT2D eigenvalue weighted by Crippen LogP contribution is -2.41. The van der Waals surface area contributed by atoms with Crippen LogP contribution in [0, 0.1) is 5.92 Å². The quantitative estimate of drug-likeness (QED) is 0.197. The van der Waals surface area contributed by atoms with Crippen LogP contribution in [-0.2, 0) is 22.3 Å². The first kappa shape index (κ1) is 33.9. The fraction of sp³-hybridized carbons (Fsp3) is 0.486. The summed E-state index contributed by atoms with van der Waals surface area (Å²) < 4.78 is 13.0. The zero-order chi connectivity index (χ0) is 33.6. The first-order chi connectivity index (χ1) is 22.3. The molecule has 2 N–H and O–H groups in total. The minimum absolute atomic E-state index is 0.0129. The maximum atomic E-state index is 12.4. The molecule has 0 saturated heterocycles. The summed E-state index contributed by atoms with van der Waals surface area (Å²) >= 11 is 0. The van der Waals surface area contributed by atoms with E-state index in [0.29, 0.717) is 18.9 Å². The van der Waals surface area contributed by atoms with Gasteiger partial charge in [-0.05, 0) is 104 Å². The molecule has 1 aliphatic rings. The normalized spacial score (nSPS) is 17.6. The number of alkyl carbamates (subject to hydrolysis) is 2. The molecule has 10 nitrogen and oxygen atoms in total. The molecule has 2 amide bonds. The zero-order valence-corrected chi connectivity index (χ0v) is 28.5. The molecule has 250 valence electrons. The smallest absolute Gasteiger partial charge is 0.407 e. The number of nitrogens with zero attached hydrogens (tertiary/aromatic N) is 4. The summed E-state index contributed by atoms with van der Waals surface area (Å²) in [7, 11) is 0. The van der Waals surface area contributed by atoms with Crippen LogP contribution in [0.5, 0.6) is 0 Å². The number of benzene rings is 1. The maximum Gasteiger partial charge on any atom is 0.407 e. The Morgan fingerprint density at radius 3 is 2.30 bits per heavy atom. The number of aromatic nitrogens is 4. The Labute approximate surface area is 277 Å². The van der Waals surface area contributed by atoms with Gasteiger partial charge < -0.3 is 20.1 Å². The SMILES string of the molecule is CC(C)(C)OC(=O)NCC(Cc1cccc(-c2cnc3c(CC4CCC(NC(=O)OC(C)(C)C)CC4)nccn23)n1)c1ccccc1. The second kappa shape index (κ2) is 14.5. The molecule has 1 aliphatic carbocycles. The van der Waals surface area contributed by atoms with Gasteiger partial charge in [0.05, 0.1) is 23.3 Å². The van der Waals surface area contributed by atoms with Crippen LogP contribution in [0.2, 0.25) is 0 Å². The minimum Gasteiger partial charge on any atom is -0.444 e. The Kier molecular flexibility index (Phi) is 10.5. The van der Waals surface area contributed by atoms with Gasteiger partial charge in [-0.25, -0.2) is 14.6 Å². The van der Waals surface area contributed by atoms with Crippen molar-refractivity contribution in [3.63, 3.8) is 0 Å². The summed E-state index contributed by atoms with van der Waals surface area (Å²) in [5.41, 5.74) is 4.51. The number of hydrogen-bond acceptors (Lipinski definition) is 7. The van der Waals surface area contributed by atoms with E-state index in [9.17, 15) is 9.59 Å². The van der Waals surface area contributed by atoms with E-state index in [-0.39, 0.29) is 18.1 Å². The van der Waals surface area contributed by atoms with E-state index in [2.05, 4.69) is 27.2 Å². The fourth-order valence-electron chi connectivity index (χ4n) is 6.11. The Hall–Kier alpha value is -4.47. The number of amides is 2. The van der Waals surface area contributed by atoms with Crippen LogP contribution < -0.4 is 10.6 Å². The number of pyridine rings is 1. The van der Waals surface area contributed by atoms with Crippen LogP contribution in [-0.4, -0.2) is 55.3 Å². The average molecular weight is 641 g/mol. The maximum absolute atomic E-state index is 12.4. The Bertz CT molecular complexity index is 1650. The summed E-state index contributed by atoms with van der Waals surface area (Å²) in [6.45, 7) is 11.6. The molecule has 1 saturated carbocycles. The molecule has 1 unspecified atom stereocenters. The summed E-state index contributed by atoms with van der Waals surface area (Å²) in [4.78, 5) is 39.2. The molecule has 0 bridgehead atoms. The molecule has 0 spiro atoms. The predicted molar refractivity (Wildman–Crippen MR) is 182 cm³/mol. The van der Waals surface area contributed by atoms with Crippen LogP contribution in [0.15, 0.2) is 67.1 Å². The highest BCUT2D eigenvalue weighted by molar-refractivity contribution is 5.68. The number of imidazole rings is 1. The van der Waals surface area contributed by atoms with Crippen molar-refractivity contribution in [1.82, 2.24) is 30.0 Å². The van der Waals surface area contributed by atoms with Crippen molar-refractivity contribution < 1.29 is 19.1 Å². The van der Waals surface area contributed by atoms with Gasteiger partial charge in [-0.1, -0.05) is 36.4 Å². The molecule has 3 heterocycles. The monoisotopic (exact) mass is 640 g/mol. The Morgan fingerprint density at radius 1 is 0.894 bits per heavy atom. The van der Waals surface area contributed by atoms with E-state index >= 15 is 0 Å². The first-order valence-electron chi connectivity index (χ1n) is 16.6. The van der Waals surface area contributed by atoms with E-state index in [1.54, 1.807) is 0 Å². The number of nitrogens with one attached hydrogen (secondary N) is 2. The van der Waals surface area contributed by atoms with Gasteiger partial charge in [0.2, 0.25) is 0 Å². The molecule has 5 rings (SSSR count). The van der Waals surface area contributed by atoms with Crippen LogP contribution in [0.3, 0.4) is 0 Å². The van der Waals surface area contributed by atoms with Gasteiger partial charge in [0.1, 0.15) is 11.2 Å². The van der Waals surface area contributed by atoms with Gasteiger partial charge >= 0.3 is 12.2 Å². The number of hydrogen-bond donors (Lipinski definition) is 2. The zero-order valence-electron chi connectivity index (χ0n) is 28.5. The standard InChI is InChI=1S/C37H48N6O4/c1-36(2,3)46-34(44)40-23-27(26-11-8-7-9-12-26)22-29-13-10-14-30(41-29)32-24-39-33-31(38-19-20-43(32)33)21-25-15-17-28(18-16-25)42-35(45)47-37(4,5)6/h7-14,19-20,24-25,27-28H,15-18,21-23H2,1-6H3,(H,40,44)(H,42,45). The topological polar surface area (TPSA) is 120 Å². The molecule has 4 aromatic rings. The second-order valence-electron chi connectivity index (χ2n) is 14.5. The first-order valence-corrected chi connectivity index (χ1v) is 16.6. The van der Waals surface area contributed by atoms with E-state index in [4.69, 9.17) is 24.4 Å². The third-order valence-electron chi connectivity index (χ3n) is 8.24. The lowest BCUT2D eigenvalue weighted by molar-refractivity contribution is 0.0484. The van der Waals surface area contributed by atoms with E-state index in [1.807, 2.05) is 96.5 Å². The molecular weight excluding hydrogens is 592 g/mol. The molecule has 1 atom stereocenters. The highest BCUT2D eigenvalue weighted by atomic mass is 16.6. The van der Waals surface area contributed by atoms with Crippen molar-refractivity contribution in [2.75, 3.05) is 6.54 Å². The Balaban J connectivity index is 1.26. The van der Waals surface area contributed by atoms with Gasteiger partial charge in [0, 0.05) is 36.6 Å². The van der Waals surface area contributed by atoms with Gasteiger partial charge in [-0.15, -0.1) is 0 Å². The molecule has 0 aliphatic heterocycles. The Morgan fingerprint density at radius 2 is 1.60 bits per heavy atom. The van der Waals surface area contributed by atoms with Crippen molar-refractivity contribution in [1.29, 1.82) is 0 Å². The lowest BCUT2D eigenvalue weighted by atomic mass is 9.83. The summed E-state index contributed by atoms with van der Waals surface area (Å²) in [5, 5.41) is 5.98. The van der Waals surface area contributed by atoms with Gasteiger partial charge in [-0.2, -0.15) is 0 Å². The molecule has 1 aromatic carbocycles. The average Bonchev–Trinajstić information content (AvgIpc) is 3.44. The van der Waals surface area contributed by atoms with Crippen molar-refractivity contribution in [2.45, 2.75) is 103 Å². The van der Waals surface area contributed by atoms with Crippen LogP contribution in [0.1, 0.15) is 90.1 Å². The summed E-state index contributed by atoms with van der Waals surface area (Å²) in [6, 6.07) is 16.3. The second-order valence-corrected chi connectivity index (χ2v) is 14.5. The van der Waals surface area contributed by atoms with Crippen LogP contribution in [0.4, 0.5) is 9.59 Å². The molecule has 10 heteroatoms. The van der Waals surface area contributed by atoms with Crippen LogP contribution in [0.25, 0.3) is 17.0 Å². The summed E-state index contributed by atoms with van der Waals surface area (Å²) in [6.07, 6.45) is 10.2. The number of ether oxygens (including phenoxy) is 2. The molecule has 0 radical (unpaired) electrons. The van der Waals surface area contributed by atoms with Gasteiger partial charge in [0.25, 0.3) is 0 Å². The fourth-order valence-corrected chi connectivity index (χ4v) is 6.11. The van der Waals surface area contributed by atoms with Crippen molar-refractivity contribution in [3.05, 3.63) is 84.1 Å². The van der Waals surface area contributed by atoms with E-state index < -0.39 is 17.3 Å². The predicted octanol–water partition coefficient (Wildman–Crippen LogP) is 7.27.